The average molecular weight is 491 g/mol. The van der Waals surface area contributed by atoms with Crippen LogP contribution < -0.4 is 5.32 Å². The van der Waals surface area contributed by atoms with Gasteiger partial charge in [-0.15, -0.1) is 0 Å². The van der Waals surface area contributed by atoms with E-state index in [4.69, 9.17) is 4.42 Å². The third kappa shape index (κ3) is 4.46. The summed E-state index contributed by atoms with van der Waals surface area (Å²) >= 11 is 0. The lowest BCUT2D eigenvalue weighted by molar-refractivity contribution is 0.148. The van der Waals surface area contributed by atoms with Gasteiger partial charge in [0, 0.05) is 72.8 Å². The number of fused-ring (bicyclic) bond motifs is 2. The molecule has 0 radical (unpaired) electrons. The smallest absolute Gasteiger partial charge is 0.139 e. The van der Waals surface area contributed by atoms with Crippen LogP contribution in [0, 0.1) is 25.2 Å². The van der Waals surface area contributed by atoms with E-state index >= 15 is 0 Å². The van der Waals surface area contributed by atoms with Gasteiger partial charge in [0.2, 0.25) is 0 Å². The largest absolute Gasteiger partial charge is 0.456 e. The van der Waals surface area contributed by atoms with Gasteiger partial charge >= 0.3 is 0 Å². The standard InChI is InChI=1S/C30H30N6O/c1-19-12-24-20(2)26(5-6-27(24)33-19)34-30-23(15-31)16-32-17-25(30)29-14-22-13-21(4-7-28(22)37-29)18-36-10-8-35(3)9-11-36/h4-7,12-14,16-17,33H,8-11,18H2,1-3H3,(H,32,34). The molecule has 0 unspecified atom stereocenters. The van der Waals surface area contributed by atoms with Crippen molar-refractivity contribution in [2.24, 2.45) is 0 Å². The van der Waals surface area contributed by atoms with Crippen LogP contribution >= 0.6 is 0 Å². The lowest BCUT2D eigenvalue weighted by Gasteiger charge is -2.32. The molecule has 37 heavy (non-hydrogen) atoms. The highest BCUT2D eigenvalue weighted by atomic mass is 16.3. The van der Waals surface area contributed by atoms with Crippen molar-refractivity contribution in [3.05, 3.63) is 77.2 Å². The van der Waals surface area contributed by atoms with E-state index in [0.29, 0.717) is 17.0 Å². The first-order valence-corrected chi connectivity index (χ1v) is 12.7. The molecule has 186 valence electrons. The van der Waals surface area contributed by atoms with Crippen molar-refractivity contribution in [2.45, 2.75) is 20.4 Å². The normalized spacial score (nSPS) is 14.9. The van der Waals surface area contributed by atoms with Gasteiger partial charge < -0.3 is 19.6 Å². The minimum Gasteiger partial charge on any atom is -0.456 e. The Labute approximate surface area is 216 Å². The number of aromatic amines is 1. The Morgan fingerprint density at radius 3 is 2.70 bits per heavy atom. The van der Waals surface area contributed by atoms with Crippen LogP contribution in [0.3, 0.4) is 0 Å². The number of H-pyrrole nitrogens is 1. The minimum atomic E-state index is 0.471. The van der Waals surface area contributed by atoms with E-state index in [1.165, 1.54) is 5.56 Å². The Morgan fingerprint density at radius 1 is 1.05 bits per heavy atom. The molecule has 0 bridgehead atoms. The molecule has 0 spiro atoms. The number of benzene rings is 2. The fourth-order valence-electron chi connectivity index (χ4n) is 5.21. The molecule has 1 aliphatic heterocycles. The summed E-state index contributed by atoms with van der Waals surface area (Å²) in [7, 11) is 2.18. The second-order valence-electron chi connectivity index (χ2n) is 10.1. The Morgan fingerprint density at radius 2 is 1.89 bits per heavy atom. The lowest BCUT2D eigenvalue weighted by Crippen LogP contribution is -2.43. The molecule has 5 aromatic rings. The van der Waals surface area contributed by atoms with Crippen molar-refractivity contribution in [1.29, 1.82) is 5.26 Å². The van der Waals surface area contributed by atoms with Crippen molar-refractivity contribution in [3.8, 4) is 17.4 Å². The van der Waals surface area contributed by atoms with Gasteiger partial charge in [-0.3, -0.25) is 9.88 Å². The van der Waals surface area contributed by atoms with Crippen LogP contribution in [-0.2, 0) is 6.54 Å². The van der Waals surface area contributed by atoms with Crippen LogP contribution in [0.15, 0.2) is 59.3 Å². The summed E-state index contributed by atoms with van der Waals surface area (Å²) in [6, 6.07) is 17.0. The SMILES string of the molecule is Cc1cc2c(C)c(Nc3c(C#N)cncc3-c3cc4cc(CN5CCN(C)CC5)ccc4o3)ccc2[nH]1. The first kappa shape index (κ1) is 23.3. The third-order valence-electron chi connectivity index (χ3n) is 7.38. The van der Waals surface area contributed by atoms with Crippen LogP contribution in [0.5, 0.6) is 0 Å². The van der Waals surface area contributed by atoms with Gasteiger partial charge in [-0.25, -0.2) is 0 Å². The van der Waals surface area contributed by atoms with E-state index in [1.807, 2.05) is 12.1 Å². The molecule has 0 atom stereocenters. The van der Waals surface area contributed by atoms with Crippen molar-refractivity contribution in [1.82, 2.24) is 19.8 Å². The summed E-state index contributed by atoms with van der Waals surface area (Å²) < 4.78 is 6.28. The summed E-state index contributed by atoms with van der Waals surface area (Å²) in [5.74, 6) is 0.690. The molecular weight excluding hydrogens is 460 g/mol. The summed E-state index contributed by atoms with van der Waals surface area (Å²) in [5, 5.41) is 15.6. The van der Waals surface area contributed by atoms with Gasteiger partial charge in [0.05, 0.1) is 16.8 Å². The Bertz CT molecular complexity index is 1650. The molecule has 1 saturated heterocycles. The maximum absolute atomic E-state index is 9.89. The Kier molecular flexibility index (Phi) is 5.91. The zero-order valence-electron chi connectivity index (χ0n) is 21.4. The number of hydrogen-bond acceptors (Lipinski definition) is 6. The zero-order valence-corrected chi connectivity index (χ0v) is 21.4. The van der Waals surface area contributed by atoms with E-state index in [9.17, 15) is 5.26 Å². The number of aryl methyl sites for hydroxylation is 2. The van der Waals surface area contributed by atoms with Crippen LogP contribution in [0.4, 0.5) is 11.4 Å². The van der Waals surface area contributed by atoms with Gasteiger partial charge in [-0.1, -0.05) is 6.07 Å². The van der Waals surface area contributed by atoms with Crippen molar-refractivity contribution in [3.63, 3.8) is 0 Å². The second-order valence-corrected chi connectivity index (χ2v) is 10.1. The highest BCUT2D eigenvalue weighted by Crippen LogP contribution is 2.37. The quantitative estimate of drug-likeness (QED) is 0.316. The summed E-state index contributed by atoms with van der Waals surface area (Å²) in [6.07, 6.45) is 3.36. The number of pyridine rings is 1. The van der Waals surface area contributed by atoms with Crippen molar-refractivity contribution >= 4 is 33.2 Å². The number of furan rings is 1. The predicted molar refractivity (Wildman–Crippen MR) is 148 cm³/mol. The zero-order chi connectivity index (χ0) is 25.5. The number of rotatable bonds is 5. The van der Waals surface area contributed by atoms with Gasteiger partial charge in [0.25, 0.3) is 0 Å². The van der Waals surface area contributed by atoms with Crippen LogP contribution in [0.25, 0.3) is 33.2 Å². The molecule has 1 fully saturated rings. The molecule has 6 rings (SSSR count). The molecule has 0 saturated carbocycles. The first-order chi connectivity index (χ1) is 18.0. The number of nitrogens with one attached hydrogen (secondary N) is 2. The topological polar surface area (TPSA) is 84.1 Å². The van der Waals surface area contributed by atoms with Gasteiger partial charge in [0.1, 0.15) is 17.4 Å². The van der Waals surface area contributed by atoms with E-state index in [2.05, 4.69) is 82.4 Å². The summed E-state index contributed by atoms with van der Waals surface area (Å²) in [5.41, 5.74) is 8.31. The second kappa shape index (κ2) is 9.40. The number of likely N-dealkylation sites (N-methyl/N-ethyl adjacent to an activating group) is 1. The molecule has 4 heterocycles. The molecule has 7 heteroatoms. The molecule has 2 aromatic carbocycles. The number of nitrogens with zero attached hydrogens (tertiary/aromatic N) is 4. The monoisotopic (exact) mass is 490 g/mol. The first-order valence-electron chi connectivity index (χ1n) is 12.7. The highest BCUT2D eigenvalue weighted by molar-refractivity contribution is 5.93. The van der Waals surface area contributed by atoms with Crippen molar-refractivity contribution in [2.75, 3.05) is 38.5 Å². The number of piperazine rings is 1. The van der Waals surface area contributed by atoms with E-state index in [1.54, 1.807) is 12.4 Å². The minimum absolute atomic E-state index is 0.471. The van der Waals surface area contributed by atoms with Crippen LogP contribution in [0.1, 0.15) is 22.4 Å². The third-order valence-corrected chi connectivity index (χ3v) is 7.38. The summed E-state index contributed by atoms with van der Waals surface area (Å²) in [4.78, 5) is 12.6. The predicted octanol–water partition coefficient (Wildman–Crippen LogP) is 5.96. The molecule has 3 aromatic heterocycles. The number of hydrogen-bond donors (Lipinski definition) is 2. The lowest BCUT2D eigenvalue weighted by atomic mass is 10.1. The van der Waals surface area contributed by atoms with E-state index < -0.39 is 0 Å². The maximum Gasteiger partial charge on any atom is 0.139 e. The fraction of sp³-hybridized carbons (Fsp3) is 0.267. The molecule has 7 nitrogen and oxygen atoms in total. The average Bonchev–Trinajstić information content (AvgIpc) is 3.50. The van der Waals surface area contributed by atoms with Gasteiger partial charge in [-0.05, 0) is 68.4 Å². The van der Waals surface area contributed by atoms with Crippen molar-refractivity contribution < 1.29 is 4.42 Å². The maximum atomic E-state index is 9.89. The van der Waals surface area contributed by atoms with E-state index in [0.717, 1.165) is 77.1 Å². The van der Waals surface area contributed by atoms with E-state index in [-0.39, 0.29) is 0 Å². The number of nitriles is 1. The van der Waals surface area contributed by atoms with Crippen LogP contribution in [0.2, 0.25) is 0 Å². The summed E-state index contributed by atoms with van der Waals surface area (Å²) in [6.45, 7) is 9.45. The molecule has 2 N–H and O–H groups in total. The van der Waals surface area contributed by atoms with Gasteiger partial charge in [0.15, 0.2) is 0 Å². The fourth-order valence-corrected chi connectivity index (χ4v) is 5.21. The Hall–Kier alpha value is -4.12. The number of aromatic nitrogens is 2. The number of anilines is 2. The molecular formula is C30H30N6O. The molecule has 1 aliphatic rings. The Balaban J connectivity index is 1.35. The molecule has 0 aliphatic carbocycles. The van der Waals surface area contributed by atoms with Crippen LogP contribution in [-0.4, -0.2) is 53.0 Å². The molecule has 0 amide bonds. The van der Waals surface area contributed by atoms with Gasteiger partial charge in [-0.2, -0.15) is 5.26 Å². The highest BCUT2D eigenvalue weighted by Gasteiger charge is 2.18.